The Kier molecular flexibility index (Phi) is 5.71. The van der Waals surface area contributed by atoms with Gasteiger partial charge in [-0.1, -0.05) is 12.2 Å². The van der Waals surface area contributed by atoms with Crippen molar-refractivity contribution in [1.82, 2.24) is 0 Å². The highest BCUT2D eigenvalue weighted by molar-refractivity contribution is 7.97. The van der Waals surface area contributed by atoms with Crippen LogP contribution >= 0.6 is 12.0 Å². The SMILES string of the molecule is C=[N+](CC1CC=C(SO)CCC1)C(O)c1cc2c(o1)=CN=CCC=2. The summed E-state index contributed by atoms with van der Waals surface area (Å²) in [4.78, 5) is 5.17. The van der Waals surface area contributed by atoms with Crippen LogP contribution in [0.1, 0.15) is 44.1 Å². The van der Waals surface area contributed by atoms with Gasteiger partial charge < -0.3 is 14.1 Å². The molecule has 0 saturated carbocycles. The number of allylic oxidation sites excluding steroid dienone is 2. The molecule has 0 saturated heterocycles. The quantitative estimate of drug-likeness (QED) is 0.371. The number of hydrogen-bond donors (Lipinski definition) is 2. The lowest BCUT2D eigenvalue weighted by molar-refractivity contribution is -0.617. The van der Waals surface area contributed by atoms with Crippen LogP contribution in [-0.4, -0.2) is 33.7 Å². The van der Waals surface area contributed by atoms with Gasteiger partial charge in [-0.2, -0.15) is 0 Å². The van der Waals surface area contributed by atoms with Crippen molar-refractivity contribution in [2.24, 2.45) is 10.9 Å². The van der Waals surface area contributed by atoms with Gasteiger partial charge >= 0.3 is 6.23 Å². The molecule has 3 rings (SSSR count). The molecule has 0 radical (unpaired) electrons. The molecule has 1 aromatic rings. The molecular weight excluding hydrogens is 324 g/mol. The molecule has 0 amide bonds. The lowest BCUT2D eigenvalue weighted by atomic mass is 10.0. The molecule has 2 unspecified atom stereocenters. The van der Waals surface area contributed by atoms with Crippen LogP contribution in [0.3, 0.4) is 0 Å². The van der Waals surface area contributed by atoms with Crippen molar-refractivity contribution in [3.05, 3.63) is 33.4 Å². The summed E-state index contributed by atoms with van der Waals surface area (Å²) in [5, 5.41) is 11.5. The van der Waals surface area contributed by atoms with Crippen molar-refractivity contribution < 1.29 is 18.7 Å². The van der Waals surface area contributed by atoms with Crippen LogP contribution in [0.2, 0.25) is 0 Å². The van der Waals surface area contributed by atoms with Gasteiger partial charge in [0.05, 0.1) is 6.20 Å². The molecule has 2 aliphatic rings. The average molecular weight is 347 g/mol. The van der Waals surface area contributed by atoms with Gasteiger partial charge in [-0.3, -0.25) is 4.99 Å². The lowest BCUT2D eigenvalue weighted by Crippen LogP contribution is -2.23. The second kappa shape index (κ2) is 7.96. The summed E-state index contributed by atoms with van der Waals surface area (Å²) in [6.07, 6.45) is 11.4. The van der Waals surface area contributed by atoms with Gasteiger partial charge in [-0.25, -0.2) is 4.58 Å². The summed E-state index contributed by atoms with van der Waals surface area (Å²) < 4.78 is 16.6. The van der Waals surface area contributed by atoms with E-state index in [1.54, 1.807) is 10.8 Å². The van der Waals surface area contributed by atoms with Crippen molar-refractivity contribution in [3.63, 3.8) is 0 Å². The molecule has 2 N–H and O–H groups in total. The predicted molar refractivity (Wildman–Crippen MR) is 97.5 cm³/mol. The zero-order valence-electron chi connectivity index (χ0n) is 13.6. The van der Waals surface area contributed by atoms with Crippen molar-refractivity contribution in [2.45, 2.75) is 38.3 Å². The number of hydrogen-bond acceptors (Lipinski definition) is 5. The van der Waals surface area contributed by atoms with E-state index in [4.69, 9.17) is 4.42 Å². The van der Waals surface area contributed by atoms with E-state index in [1.165, 1.54) is 0 Å². The number of furan rings is 1. The van der Waals surface area contributed by atoms with E-state index in [2.05, 4.69) is 17.8 Å². The topological polar surface area (TPSA) is 69.0 Å². The van der Waals surface area contributed by atoms with E-state index < -0.39 is 6.23 Å². The minimum absolute atomic E-state index is 0.414. The summed E-state index contributed by atoms with van der Waals surface area (Å²) >= 11 is 0.849. The first-order chi connectivity index (χ1) is 11.7. The summed E-state index contributed by atoms with van der Waals surface area (Å²) in [5.74, 6) is 0.910. The molecule has 0 spiro atoms. The highest BCUT2D eigenvalue weighted by Crippen LogP contribution is 2.28. The highest BCUT2D eigenvalue weighted by Gasteiger charge is 2.26. The van der Waals surface area contributed by atoms with Gasteiger partial charge in [0.1, 0.15) is 13.3 Å². The van der Waals surface area contributed by atoms with Crippen LogP contribution in [0, 0.1) is 5.92 Å². The van der Waals surface area contributed by atoms with Gasteiger partial charge in [-0.15, -0.1) is 0 Å². The molecule has 1 aromatic heterocycles. The molecule has 0 aromatic carbocycles. The Labute approximate surface area is 145 Å². The Hall–Kier alpha value is -1.63. The van der Waals surface area contributed by atoms with Crippen LogP contribution in [0.5, 0.6) is 0 Å². The summed E-state index contributed by atoms with van der Waals surface area (Å²) in [7, 11) is 0. The number of aliphatic hydroxyl groups is 1. The maximum atomic E-state index is 10.6. The molecule has 24 heavy (non-hydrogen) atoms. The number of nitrogens with zero attached hydrogens (tertiary/aromatic N) is 2. The third kappa shape index (κ3) is 4.06. The fraction of sp³-hybridized carbons (Fsp3) is 0.444. The second-order valence-electron chi connectivity index (χ2n) is 6.27. The molecule has 1 aliphatic carbocycles. The molecular formula is C18H23N2O3S+. The van der Waals surface area contributed by atoms with Gasteiger partial charge in [0.15, 0.2) is 5.42 Å². The maximum Gasteiger partial charge on any atom is 0.314 e. The number of rotatable bonds is 5. The van der Waals surface area contributed by atoms with Gasteiger partial charge in [-0.05, 0) is 31.7 Å². The maximum absolute atomic E-state index is 10.6. The van der Waals surface area contributed by atoms with Crippen molar-refractivity contribution >= 4 is 37.3 Å². The van der Waals surface area contributed by atoms with Crippen LogP contribution in [0.25, 0.3) is 12.3 Å². The fourth-order valence-corrected chi connectivity index (χ4v) is 3.54. The summed E-state index contributed by atoms with van der Waals surface area (Å²) in [6, 6.07) is 1.86. The molecule has 2 atom stereocenters. The van der Waals surface area contributed by atoms with Crippen LogP contribution in [-0.2, 0) is 0 Å². The highest BCUT2D eigenvalue weighted by atomic mass is 32.2. The Bertz CT molecular complexity index is 779. The third-order valence-corrected chi connectivity index (χ3v) is 5.08. The van der Waals surface area contributed by atoms with E-state index >= 15 is 0 Å². The van der Waals surface area contributed by atoms with E-state index in [0.717, 1.165) is 54.3 Å². The number of aliphatic hydroxyl groups excluding tert-OH is 1. The molecule has 6 heteroatoms. The van der Waals surface area contributed by atoms with Gasteiger partial charge in [0.25, 0.3) is 0 Å². The standard InChI is InChI=1S/C18H22N2O3S/c1-20(12-13-4-2-6-15(24-22)8-7-13)18(21)16-10-14-5-3-9-19-11-17(14)23-16/h5,8-11,13,18,21H,1-4,6-7,12H2/p+1. The van der Waals surface area contributed by atoms with Crippen molar-refractivity contribution in [1.29, 1.82) is 0 Å². The number of aliphatic imine (C=N–C) groups is 1. The molecule has 0 fully saturated rings. The Morgan fingerprint density at radius 3 is 3.17 bits per heavy atom. The first-order valence-corrected chi connectivity index (χ1v) is 9.02. The molecule has 5 nitrogen and oxygen atoms in total. The third-order valence-electron chi connectivity index (χ3n) is 4.48. The molecule has 0 bridgehead atoms. The van der Waals surface area contributed by atoms with Crippen LogP contribution in [0.4, 0.5) is 0 Å². The minimum Gasteiger partial charge on any atom is -0.450 e. The van der Waals surface area contributed by atoms with Gasteiger partial charge in [0, 0.05) is 40.7 Å². The van der Waals surface area contributed by atoms with E-state index in [1.807, 2.05) is 18.4 Å². The monoisotopic (exact) mass is 347 g/mol. The normalized spacial score (nSPS) is 21.6. The first kappa shape index (κ1) is 17.2. The van der Waals surface area contributed by atoms with Gasteiger partial charge in [0.2, 0.25) is 5.76 Å². The molecule has 128 valence electrons. The van der Waals surface area contributed by atoms with E-state index in [0.29, 0.717) is 23.6 Å². The zero-order chi connectivity index (χ0) is 16.9. The summed E-state index contributed by atoms with van der Waals surface area (Å²) in [5.41, 5.74) is 0.674. The lowest BCUT2D eigenvalue weighted by Gasteiger charge is -2.13. The van der Waals surface area contributed by atoms with Crippen LogP contribution < -0.4 is 10.6 Å². The smallest absolute Gasteiger partial charge is 0.314 e. The largest absolute Gasteiger partial charge is 0.450 e. The fourth-order valence-electron chi connectivity index (χ4n) is 3.13. The van der Waals surface area contributed by atoms with Crippen molar-refractivity contribution in [3.8, 4) is 0 Å². The van der Waals surface area contributed by atoms with E-state index in [9.17, 15) is 9.66 Å². The Morgan fingerprint density at radius 1 is 1.46 bits per heavy atom. The predicted octanol–water partition coefficient (Wildman–Crippen LogP) is 2.26. The zero-order valence-corrected chi connectivity index (χ0v) is 14.4. The van der Waals surface area contributed by atoms with Crippen LogP contribution in [0.15, 0.2) is 26.5 Å². The Morgan fingerprint density at radius 2 is 2.33 bits per heavy atom. The van der Waals surface area contributed by atoms with Crippen molar-refractivity contribution in [2.75, 3.05) is 6.54 Å². The second-order valence-corrected chi connectivity index (χ2v) is 6.98. The number of fused-ring (bicyclic) bond motifs is 1. The summed E-state index contributed by atoms with van der Waals surface area (Å²) in [6.45, 7) is 4.68. The first-order valence-electron chi connectivity index (χ1n) is 8.25. The average Bonchev–Trinajstić information content (AvgIpc) is 2.75. The van der Waals surface area contributed by atoms with E-state index in [-0.39, 0.29) is 0 Å². The minimum atomic E-state index is -0.873. The Balaban J connectivity index is 1.68. The molecule has 2 heterocycles. The molecule has 1 aliphatic heterocycles.